The average Bonchev–Trinajstić information content (AvgIpc) is 3.21. The van der Waals surface area contributed by atoms with Crippen LogP contribution in [0.3, 0.4) is 0 Å². The summed E-state index contributed by atoms with van der Waals surface area (Å²) in [5.74, 6) is 0.753. The number of halogens is 1. The Morgan fingerprint density at radius 3 is 2.44 bits per heavy atom. The molecule has 0 aliphatic rings. The van der Waals surface area contributed by atoms with Gasteiger partial charge >= 0.3 is 0 Å². The Labute approximate surface area is 208 Å². The molecule has 1 heterocycles. The van der Waals surface area contributed by atoms with Gasteiger partial charge in [0.15, 0.2) is 17.3 Å². The molecule has 0 saturated heterocycles. The van der Waals surface area contributed by atoms with Gasteiger partial charge in [-0.2, -0.15) is 0 Å². The molecule has 8 heteroatoms. The van der Waals surface area contributed by atoms with Crippen LogP contribution in [0, 0.1) is 27.7 Å². The number of thiocarbonyl (C=S) groups is 1. The van der Waals surface area contributed by atoms with Crippen LogP contribution in [0.1, 0.15) is 22.3 Å². The number of rotatable bonds is 5. The fourth-order valence-corrected chi connectivity index (χ4v) is 3.81. The summed E-state index contributed by atoms with van der Waals surface area (Å²) >= 11 is 11.4. The van der Waals surface area contributed by atoms with Crippen LogP contribution in [0.4, 0.5) is 5.69 Å². The van der Waals surface area contributed by atoms with E-state index >= 15 is 0 Å². The molecule has 0 spiro atoms. The Balaban J connectivity index is 1.37. The lowest BCUT2D eigenvalue weighted by Crippen LogP contribution is -2.37. The number of carbonyl (C=O) groups is 1. The molecule has 3 aromatic carbocycles. The summed E-state index contributed by atoms with van der Waals surface area (Å²) < 4.78 is 11.5. The van der Waals surface area contributed by atoms with Crippen molar-refractivity contribution in [2.24, 2.45) is 0 Å². The molecular formula is C26H24ClN3O3S. The number of anilines is 1. The minimum Gasteiger partial charge on any atom is -0.484 e. The zero-order valence-electron chi connectivity index (χ0n) is 19.3. The van der Waals surface area contributed by atoms with Gasteiger partial charge in [0.1, 0.15) is 11.3 Å². The van der Waals surface area contributed by atoms with E-state index in [0.29, 0.717) is 33.4 Å². The second kappa shape index (κ2) is 9.83. The van der Waals surface area contributed by atoms with Crippen molar-refractivity contribution in [3.8, 4) is 17.2 Å². The van der Waals surface area contributed by atoms with Crippen molar-refractivity contribution < 1.29 is 13.9 Å². The molecule has 0 saturated carbocycles. The summed E-state index contributed by atoms with van der Waals surface area (Å²) in [6, 6.07) is 15.1. The second-order valence-electron chi connectivity index (χ2n) is 8.16. The lowest BCUT2D eigenvalue weighted by Gasteiger charge is -2.12. The Kier molecular flexibility index (Phi) is 6.86. The number of fused-ring (bicyclic) bond motifs is 1. The molecule has 0 unspecified atom stereocenters. The normalized spacial score (nSPS) is 10.9. The molecule has 1 amide bonds. The van der Waals surface area contributed by atoms with E-state index in [4.69, 9.17) is 33.0 Å². The summed E-state index contributed by atoms with van der Waals surface area (Å²) in [6.07, 6.45) is 0. The van der Waals surface area contributed by atoms with Crippen molar-refractivity contribution >= 4 is 51.6 Å². The van der Waals surface area contributed by atoms with Crippen LogP contribution in [-0.4, -0.2) is 22.6 Å². The highest BCUT2D eigenvalue weighted by molar-refractivity contribution is 7.80. The summed E-state index contributed by atoms with van der Waals surface area (Å²) in [4.78, 5) is 16.9. The summed E-state index contributed by atoms with van der Waals surface area (Å²) in [6.45, 7) is 7.72. The van der Waals surface area contributed by atoms with Gasteiger partial charge in [-0.1, -0.05) is 17.7 Å². The third kappa shape index (κ3) is 5.38. The van der Waals surface area contributed by atoms with Gasteiger partial charge in [-0.3, -0.25) is 10.1 Å². The first kappa shape index (κ1) is 23.7. The number of ether oxygens (including phenoxy) is 1. The van der Waals surface area contributed by atoms with Gasteiger partial charge in [0, 0.05) is 16.3 Å². The minimum atomic E-state index is -0.373. The monoisotopic (exact) mass is 493 g/mol. The Morgan fingerprint density at radius 1 is 1.00 bits per heavy atom. The topological polar surface area (TPSA) is 76.4 Å². The number of aryl methyl sites for hydroxylation is 4. The zero-order chi connectivity index (χ0) is 24.4. The smallest absolute Gasteiger partial charge is 0.264 e. The maximum atomic E-state index is 12.3. The molecule has 4 aromatic rings. The highest BCUT2D eigenvalue weighted by Gasteiger charge is 2.12. The summed E-state index contributed by atoms with van der Waals surface area (Å²) in [7, 11) is 0. The molecule has 4 rings (SSSR count). The molecule has 0 fully saturated rings. The van der Waals surface area contributed by atoms with Gasteiger partial charge in [0.25, 0.3) is 5.91 Å². The summed E-state index contributed by atoms with van der Waals surface area (Å²) in [5.41, 5.74) is 7.11. The predicted molar refractivity (Wildman–Crippen MR) is 140 cm³/mol. The molecule has 0 aliphatic heterocycles. The van der Waals surface area contributed by atoms with Gasteiger partial charge in [-0.15, -0.1) is 0 Å². The first-order valence-corrected chi connectivity index (χ1v) is 11.5. The van der Waals surface area contributed by atoms with E-state index in [2.05, 4.69) is 35.5 Å². The quantitative estimate of drug-likeness (QED) is 0.319. The molecule has 0 bridgehead atoms. The van der Waals surface area contributed by atoms with Gasteiger partial charge in [0.2, 0.25) is 5.89 Å². The number of carbonyl (C=O) groups excluding carboxylic acids is 1. The highest BCUT2D eigenvalue weighted by Crippen LogP contribution is 2.28. The molecule has 34 heavy (non-hydrogen) atoms. The van der Waals surface area contributed by atoms with E-state index in [1.807, 2.05) is 44.2 Å². The molecule has 0 atom stereocenters. The van der Waals surface area contributed by atoms with Crippen LogP contribution < -0.4 is 15.4 Å². The predicted octanol–water partition coefficient (Wildman–Crippen LogP) is 6.27. The first-order chi connectivity index (χ1) is 16.2. The second-order valence-corrected chi connectivity index (χ2v) is 8.95. The maximum absolute atomic E-state index is 12.3. The first-order valence-electron chi connectivity index (χ1n) is 10.7. The number of nitrogens with zero attached hydrogens (tertiary/aromatic N) is 1. The third-order valence-electron chi connectivity index (χ3n) is 5.43. The van der Waals surface area contributed by atoms with Gasteiger partial charge in [0.05, 0.1) is 0 Å². The van der Waals surface area contributed by atoms with Gasteiger partial charge in [-0.05, 0) is 105 Å². The molecule has 0 radical (unpaired) electrons. The lowest BCUT2D eigenvalue weighted by atomic mass is 10.1. The Hall–Kier alpha value is -3.42. The van der Waals surface area contributed by atoms with E-state index in [1.165, 1.54) is 11.1 Å². The zero-order valence-corrected chi connectivity index (χ0v) is 20.9. The Morgan fingerprint density at radius 2 is 1.74 bits per heavy atom. The number of benzene rings is 3. The number of amides is 1. The van der Waals surface area contributed by atoms with Crippen molar-refractivity contribution in [2.45, 2.75) is 27.7 Å². The fourth-order valence-electron chi connectivity index (χ4n) is 3.47. The van der Waals surface area contributed by atoms with E-state index in [1.54, 1.807) is 12.1 Å². The number of nitrogens with one attached hydrogen (secondary N) is 2. The molecule has 0 aliphatic carbocycles. The van der Waals surface area contributed by atoms with E-state index < -0.39 is 0 Å². The van der Waals surface area contributed by atoms with Crippen molar-refractivity contribution in [1.29, 1.82) is 0 Å². The van der Waals surface area contributed by atoms with Crippen LogP contribution in [0.5, 0.6) is 5.75 Å². The largest absolute Gasteiger partial charge is 0.484 e. The van der Waals surface area contributed by atoms with Crippen LogP contribution >= 0.6 is 23.8 Å². The van der Waals surface area contributed by atoms with Gasteiger partial charge < -0.3 is 14.5 Å². The van der Waals surface area contributed by atoms with Crippen molar-refractivity contribution in [3.63, 3.8) is 0 Å². The molecule has 2 N–H and O–H groups in total. The van der Waals surface area contributed by atoms with Crippen molar-refractivity contribution in [2.75, 3.05) is 11.9 Å². The lowest BCUT2D eigenvalue weighted by molar-refractivity contribution is -0.121. The van der Waals surface area contributed by atoms with Crippen LogP contribution in [0.2, 0.25) is 5.02 Å². The molecular weight excluding hydrogens is 470 g/mol. The highest BCUT2D eigenvalue weighted by atomic mass is 35.5. The number of hydrogen-bond acceptors (Lipinski definition) is 5. The fraction of sp³-hybridized carbons (Fsp3) is 0.192. The van der Waals surface area contributed by atoms with E-state index in [-0.39, 0.29) is 17.6 Å². The minimum absolute atomic E-state index is 0.161. The standard InChI is InChI=1S/C26H24ClN3O3S/c1-14-5-6-18(9-15(14)2)25-29-21-12-19(7-8-22(21)33-25)28-26(34)30-23(31)13-32-20-10-16(3)24(27)17(4)11-20/h5-12H,13H2,1-4H3,(H2,28,30,31,34). The summed E-state index contributed by atoms with van der Waals surface area (Å²) in [5, 5.41) is 6.46. The third-order valence-corrected chi connectivity index (χ3v) is 6.23. The SMILES string of the molecule is Cc1ccc(-c2nc3cc(NC(=S)NC(=O)COc4cc(C)c(Cl)c(C)c4)ccc3o2)cc1C. The van der Waals surface area contributed by atoms with Crippen molar-refractivity contribution in [3.05, 3.63) is 75.8 Å². The molecule has 174 valence electrons. The maximum Gasteiger partial charge on any atom is 0.264 e. The number of hydrogen-bond donors (Lipinski definition) is 2. The number of aromatic nitrogens is 1. The van der Waals surface area contributed by atoms with Crippen LogP contribution in [-0.2, 0) is 4.79 Å². The van der Waals surface area contributed by atoms with Crippen LogP contribution in [0.25, 0.3) is 22.6 Å². The molecule has 1 aromatic heterocycles. The average molecular weight is 494 g/mol. The molecule has 6 nitrogen and oxygen atoms in total. The van der Waals surface area contributed by atoms with E-state index in [9.17, 15) is 4.79 Å². The number of oxazole rings is 1. The Bertz CT molecular complexity index is 1390. The van der Waals surface area contributed by atoms with E-state index in [0.717, 1.165) is 16.7 Å². The van der Waals surface area contributed by atoms with Gasteiger partial charge in [-0.25, -0.2) is 4.98 Å². The van der Waals surface area contributed by atoms with Crippen molar-refractivity contribution in [1.82, 2.24) is 10.3 Å². The van der Waals surface area contributed by atoms with Crippen LogP contribution in [0.15, 0.2) is 52.9 Å².